The molecule has 0 atom stereocenters. The van der Waals surface area contributed by atoms with Gasteiger partial charge < -0.3 is 10.3 Å². The first kappa shape index (κ1) is 11.4. The summed E-state index contributed by atoms with van der Waals surface area (Å²) in [5, 5.41) is 0. The van der Waals surface area contributed by atoms with Crippen LogP contribution in [-0.2, 0) is 6.54 Å². The first-order valence-electron chi connectivity index (χ1n) is 5.48. The fourth-order valence-corrected chi connectivity index (χ4v) is 1.66. The Kier molecular flexibility index (Phi) is 3.57. The van der Waals surface area contributed by atoms with Crippen LogP contribution >= 0.6 is 0 Å². The fourth-order valence-electron chi connectivity index (χ4n) is 1.66. The van der Waals surface area contributed by atoms with Gasteiger partial charge in [-0.15, -0.1) is 0 Å². The number of rotatable bonds is 4. The Bertz CT molecular complexity index is 470. The van der Waals surface area contributed by atoms with Gasteiger partial charge in [0.25, 0.3) is 0 Å². The third-order valence-electron chi connectivity index (χ3n) is 2.55. The van der Waals surface area contributed by atoms with Gasteiger partial charge in [0.2, 0.25) is 0 Å². The molecule has 4 nitrogen and oxygen atoms in total. The van der Waals surface area contributed by atoms with Gasteiger partial charge in [-0.2, -0.15) is 0 Å². The minimum Gasteiger partial charge on any atom is -0.369 e. The van der Waals surface area contributed by atoms with E-state index in [9.17, 15) is 0 Å². The molecule has 88 valence electrons. The van der Waals surface area contributed by atoms with Crippen LogP contribution in [0.4, 0.5) is 11.5 Å². The van der Waals surface area contributed by atoms with E-state index in [0.29, 0.717) is 5.82 Å². The van der Waals surface area contributed by atoms with Crippen molar-refractivity contribution in [2.45, 2.75) is 6.54 Å². The van der Waals surface area contributed by atoms with E-state index in [1.165, 1.54) is 5.69 Å². The van der Waals surface area contributed by atoms with Crippen molar-refractivity contribution in [3.63, 3.8) is 0 Å². The zero-order valence-electron chi connectivity index (χ0n) is 9.80. The van der Waals surface area contributed by atoms with Crippen LogP contribution < -0.4 is 16.2 Å². The first-order valence-corrected chi connectivity index (χ1v) is 5.48. The lowest BCUT2D eigenvalue weighted by atomic mass is 10.2. The Balaban J connectivity index is 2.10. The van der Waals surface area contributed by atoms with E-state index in [1.807, 2.05) is 43.4 Å². The van der Waals surface area contributed by atoms with Gasteiger partial charge in [0.1, 0.15) is 5.82 Å². The molecule has 0 amide bonds. The minimum atomic E-state index is 0.684. The monoisotopic (exact) mass is 228 g/mol. The summed E-state index contributed by atoms with van der Waals surface area (Å²) in [6.07, 6.45) is 0. The van der Waals surface area contributed by atoms with Crippen molar-refractivity contribution in [3.05, 3.63) is 54.2 Å². The van der Waals surface area contributed by atoms with E-state index in [1.54, 1.807) is 0 Å². The molecule has 0 saturated carbocycles. The van der Waals surface area contributed by atoms with Gasteiger partial charge in [0, 0.05) is 12.7 Å². The smallest absolute Gasteiger partial charge is 0.140 e. The molecule has 17 heavy (non-hydrogen) atoms. The Morgan fingerprint density at radius 3 is 2.59 bits per heavy atom. The van der Waals surface area contributed by atoms with Crippen molar-refractivity contribution < 1.29 is 0 Å². The quantitative estimate of drug-likeness (QED) is 0.621. The van der Waals surface area contributed by atoms with Crippen LogP contribution in [-0.4, -0.2) is 12.0 Å². The first-order chi connectivity index (χ1) is 8.29. The molecule has 3 N–H and O–H groups in total. The molecule has 0 fully saturated rings. The van der Waals surface area contributed by atoms with Crippen LogP contribution in [0, 0.1) is 0 Å². The molecule has 0 radical (unpaired) electrons. The Morgan fingerprint density at radius 1 is 1.12 bits per heavy atom. The molecule has 1 heterocycles. The molecule has 0 bridgehead atoms. The predicted octanol–water partition coefficient (Wildman–Crippen LogP) is 2.00. The normalized spacial score (nSPS) is 10.0. The maximum atomic E-state index is 5.33. The van der Waals surface area contributed by atoms with Gasteiger partial charge in [-0.1, -0.05) is 24.3 Å². The number of anilines is 2. The third kappa shape index (κ3) is 2.95. The highest BCUT2D eigenvalue weighted by Crippen LogP contribution is 2.14. The van der Waals surface area contributed by atoms with E-state index in [2.05, 4.69) is 27.4 Å². The number of aromatic nitrogens is 1. The molecule has 0 unspecified atom stereocenters. The van der Waals surface area contributed by atoms with Crippen molar-refractivity contribution in [2.75, 3.05) is 17.4 Å². The van der Waals surface area contributed by atoms with E-state index >= 15 is 0 Å². The number of pyridine rings is 1. The summed E-state index contributed by atoms with van der Waals surface area (Å²) in [5.74, 6) is 6.02. The van der Waals surface area contributed by atoms with Crippen molar-refractivity contribution in [1.29, 1.82) is 0 Å². The number of nitrogen functional groups attached to an aromatic ring is 1. The molecule has 1 aromatic heterocycles. The van der Waals surface area contributed by atoms with E-state index < -0.39 is 0 Å². The van der Waals surface area contributed by atoms with Crippen LogP contribution in [0.1, 0.15) is 5.69 Å². The SMILES string of the molecule is CN(Cc1cccc(NN)n1)c1ccccc1. The van der Waals surface area contributed by atoms with Crippen molar-refractivity contribution in [2.24, 2.45) is 5.84 Å². The number of nitrogens with zero attached hydrogens (tertiary/aromatic N) is 2. The zero-order valence-corrected chi connectivity index (χ0v) is 9.80. The van der Waals surface area contributed by atoms with E-state index in [0.717, 1.165) is 12.2 Å². The Labute approximate surface area is 101 Å². The summed E-state index contributed by atoms with van der Waals surface area (Å²) in [7, 11) is 2.04. The molecular weight excluding hydrogens is 212 g/mol. The number of para-hydroxylation sites is 1. The molecule has 0 aliphatic rings. The van der Waals surface area contributed by atoms with E-state index in [4.69, 9.17) is 5.84 Å². The molecular formula is C13H16N4. The number of hydrazine groups is 1. The second-order valence-electron chi connectivity index (χ2n) is 3.85. The van der Waals surface area contributed by atoms with Gasteiger partial charge in [0.15, 0.2) is 0 Å². The number of hydrogen-bond acceptors (Lipinski definition) is 4. The minimum absolute atomic E-state index is 0.684. The van der Waals surface area contributed by atoms with Gasteiger partial charge in [-0.25, -0.2) is 10.8 Å². The Hall–Kier alpha value is -2.07. The molecule has 2 aromatic rings. The summed E-state index contributed by atoms with van der Waals surface area (Å²) in [6, 6.07) is 16.0. The lowest BCUT2D eigenvalue weighted by molar-refractivity contribution is 0.885. The fraction of sp³-hybridized carbons (Fsp3) is 0.154. The summed E-state index contributed by atoms with van der Waals surface area (Å²) in [5.41, 5.74) is 4.70. The highest BCUT2D eigenvalue weighted by molar-refractivity contribution is 5.45. The third-order valence-corrected chi connectivity index (χ3v) is 2.55. The molecule has 0 saturated heterocycles. The number of benzene rings is 1. The van der Waals surface area contributed by atoms with Crippen LogP contribution in [0.2, 0.25) is 0 Å². The molecule has 0 aliphatic carbocycles. The van der Waals surface area contributed by atoms with Crippen molar-refractivity contribution in [3.8, 4) is 0 Å². The van der Waals surface area contributed by atoms with E-state index in [-0.39, 0.29) is 0 Å². The lowest BCUT2D eigenvalue weighted by Gasteiger charge is -2.18. The molecule has 0 aliphatic heterocycles. The average molecular weight is 228 g/mol. The van der Waals surface area contributed by atoms with Crippen LogP contribution in [0.15, 0.2) is 48.5 Å². The predicted molar refractivity (Wildman–Crippen MR) is 70.6 cm³/mol. The van der Waals surface area contributed by atoms with Crippen LogP contribution in [0.5, 0.6) is 0 Å². The summed E-state index contributed by atoms with van der Waals surface area (Å²) in [4.78, 5) is 6.52. The molecule has 0 spiro atoms. The van der Waals surface area contributed by atoms with Gasteiger partial charge in [0.05, 0.1) is 12.2 Å². The zero-order chi connectivity index (χ0) is 12.1. The molecule has 1 aromatic carbocycles. The number of hydrogen-bond donors (Lipinski definition) is 2. The van der Waals surface area contributed by atoms with Crippen molar-refractivity contribution >= 4 is 11.5 Å². The second-order valence-corrected chi connectivity index (χ2v) is 3.85. The van der Waals surface area contributed by atoms with Gasteiger partial charge in [-0.3, -0.25) is 0 Å². The number of nitrogens with two attached hydrogens (primary N) is 1. The highest BCUT2D eigenvalue weighted by Gasteiger charge is 2.02. The topological polar surface area (TPSA) is 54.2 Å². The van der Waals surface area contributed by atoms with Crippen LogP contribution in [0.3, 0.4) is 0 Å². The maximum absolute atomic E-state index is 5.33. The summed E-state index contributed by atoms with van der Waals surface area (Å²) in [6.45, 7) is 0.750. The van der Waals surface area contributed by atoms with Gasteiger partial charge in [-0.05, 0) is 24.3 Å². The van der Waals surface area contributed by atoms with Gasteiger partial charge >= 0.3 is 0 Å². The standard InChI is InChI=1S/C13H16N4/c1-17(12-7-3-2-4-8-12)10-11-6-5-9-13(15-11)16-14/h2-9H,10,14H2,1H3,(H,15,16). The largest absolute Gasteiger partial charge is 0.369 e. The van der Waals surface area contributed by atoms with Crippen molar-refractivity contribution in [1.82, 2.24) is 4.98 Å². The number of nitrogens with one attached hydrogen (secondary N) is 1. The van der Waals surface area contributed by atoms with Crippen LogP contribution in [0.25, 0.3) is 0 Å². The summed E-state index contributed by atoms with van der Waals surface area (Å²) < 4.78 is 0. The highest BCUT2D eigenvalue weighted by atomic mass is 15.2. The molecule has 4 heteroatoms. The Morgan fingerprint density at radius 2 is 1.88 bits per heavy atom. The lowest BCUT2D eigenvalue weighted by Crippen LogP contribution is -2.18. The summed E-state index contributed by atoms with van der Waals surface area (Å²) >= 11 is 0. The second kappa shape index (κ2) is 5.32. The molecule has 2 rings (SSSR count). The maximum Gasteiger partial charge on any atom is 0.140 e. The average Bonchev–Trinajstić information content (AvgIpc) is 2.40.